The van der Waals surface area contributed by atoms with Gasteiger partial charge in [-0.1, -0.05) is 44.9 Å². The Balaban J connectivity index is 1.95. The van der Waals surface area contributed by atoms with Gasteiger partial charge in [0.25, 0.3) is 0 Å². The van der Waals surface area contributed by atoms with Crippen LogP contribution < -0.4 is 5.32 Å². The van der Waals surface area contributed by atoms with Gasteiger partial charge in [-0.05, 0) is 43.0 Å². The maximum absolute atomic E-state index is 4.56. The second-order valence-electron chi connectivity index (χ2n) is 6.11. The molecule has 1 heterocycles. The smallest absolute Gasteiger partial charge is 0.0649 e. The summed E-state index contributed by atoms with van der Waals surface area (Å²) in [5.74, 6) is 1.50. The molecular weight excluding hydrogens is 258 g/mol. The Morgan fingerprint density at radius 2 is 2.05 bits per heavy atom. The molecule has 1 N–H and O–H groups in total. The van der Waals surface area contributed by atoms with E-state index in [1.165, 1.54) is 25.0 Å². The molecule has 1 aliphatic rings. The molecule has 3 rings (SSSR count). The Labute approximate surface area is 127 Å². The minimum Gasteiger partial charge on any atom is -0.309 e. The summed E-state index contributed by atoms with van der Waals surface area (Å²) < 4.78 is 2.10. The summed E-state index contributed by atoms with van der Waals surface area (Å²) in [5, 5.41) is 8.27. The largest absolute Gasteiger partial charge is 0.309 e. The molecule has 1 aromatic carbocycles. The monoisotopic (exact) mass is 283 g/mol. The van der Waals surface area contributed by atoms with E-state index in [0.29, 0.717) is 12.0 Å². The molecule has 0 amide bonds. The first-order valence-electron chi connectivity index (χ1n) is 8.14. The van der Waals surface area contributed by atoms with Crippen molar-refractivity contribution >= 4 is 0 Å². The number of hydrogen-bond acceptors (Lipinski definition) is 2. The van der Waals surface area contributed by atoms with Gasteiger partial charge in [0.2, 0.25) is 0 Å². The van der Waals surface area contributed by atoms with Crippen molar-refractivity contribution in [3.8, 4) is 5.69 Å². The van der Waals surface area contributed by atoms with Crippen LogP contribution in [-0.2, 0) is 0 Å². The molecule has 0 saturated heterocycles. The lowest BCUT2D eigenvalue weighted by Crippen LogP contribution is -2.31. The van der Waals surface area contributed by atoms with Crippen LogP contribution in [0.25, 0.3) is 5.69 Å². The van der Waals surface area contributed by atoms with Crippen LogP contribution in [0.4, 0.5) is 0 Å². The fraction of sp³-hybridized carbons (Fsp3) is 0.500. The first kappa shape index (κ1) is 14.3. The first-order valence-corrected chi connectivity index (χ1v) is 8.14. The molecule has 112 valence electrons. The summed E-state index contributed by atoms with van der Waals surface area (Å²) in [7, 11) is 0. The van der Waals surface area contributed by atoms with Crippen molar-refractivity contribution in [1.82, 2.24) is 15.1 Å². The van der Waals surface area contributed by atoms with E-state index in [2.05, 4.69) is 59.3 Å². The normalized spacial score (nSPS) is 23.3. The Morgan fingerprint density at radius 1 is 1.24 bits per heavy atom. The lowest BCUT2D eigenvalue weighted by atomic mass is 9.88. The molecule has 3 heteroatoms. The number of benzene rings is 1. The molecule has 3 atom stereocenters. The van der Waals surface area contributed by atoms with E-state index < -0.39 is 0 Å². The predicted octanol–water partition coefficient (Wildman–Crippen LogP) is 3.96. The predicted molar refractivity (Wildman–Crippen MR) is 86.5 cm³/mol. The maximum Gasteiger partial charge on any atom is 0.0649 e. The summed E-state index contributed by atoms with van der Waals surface area (Å²) in [4.78, 5) is 0. The maximum atomic E-state index is 4.56. The Hall–Kier alpha value is -1.61. The van der Waals surface area contributed by atoms with Crippen molar-refractivity contribution in [3.05, 3.63) is 48.3 Å². The van der Waals surface area contributed by atoms with Crippen LogP contribution in [-0.4, -0.2) is 16.3 Å². The van der Waals surface area contributed by atoms with Gasteiger partial charge in [-0.3, -0.25) is 0 Å². The zero-order valence-electron chi connectivity index (χ0n) is 13.0. The molecule has 1 aromatic heterocycles. The minimum absolute atomic E-state index is 0.398. The number of aromatic nitrogens is 2. The van der Waals surface area contributed by atoms with E-state index in [1.54, 1.807) is 0 Å². The van der Waals surface area contributed by atoms with Crippen molar-refractivity contribution in [3.63, 3.8) is 0 Å². The fourth-order valence-corrected chi connectivity index (χ4v) is 3.70. The topological polar surface area (TPSA) is 29.9 Å². The molecule has 21 heavy (non-hydrogen) atoms. The minimum atomic E-state index is 0.398. The van der Waals surface area contributed by atoms with Gasteiger partial charge in [0, 0.05) is 6.20 Å². The van der Waals surface area contributed by atoms with Gasteiger partial charge in [0.1, 0.15) is 0 Å². The molecule has 1 saturated carbocycles. The van der Waals surface area contributed by atoms with E-state index in [9.17, 15) is 0 Å². The summed E-state index contributed by atoms with van der Waals surface area (Å²) in [6.45, 7) is 5.58. The zero-order valence-corrected chi connectivity index (χ0v) is 13.0. The lowest BCUT2D eigenvalue weighted by molar-refractivity contribution is 0.297. The Morgan fingerprint density at radius 3 is 2.71 bits per heavy atom. The van der Waals surface area contributed by atoms with Gasteiger partial charge in [-0.25, -0.2) is 4.68 Å². The Kier molecular flexibility index (Phi) is 4.39. The van der Waals surface area contributed by atoms with Gasteiger partial charge >= 0.3 is 0 Å². The lowest BCUT2D eigenvalue weighted by Gasteiger charge is -2.28. The van der Waals surface area contributed by atoms with E-state index >= 15 is 0 Å². The third kappa shape index (κ3) is 2.88. The second-order valence-corrected chi connectivity index (χ2v) is 6.11. The summed E-state index contributed by atoms with van der Waals surface area (Å²) in [6.07, 6.45) is 5.95. The number of nitrogens with one attached hydrogen (secondary N) is 1. The van der Waals surface area contributed by atoms with Gasteiger partial charge in [-0.15, -0.1) is 0 Å². The van der Waals surface area contributed by atoms with Crippen LogP contribution in [0, 0.1) is 11.8 Å². The molecule has 0 aliphatic heterocycles. The number of hydrogen-bond donors (Lipinski definition) is 1. The first-order chi connectivity index (χ1) is 10.3. The van der Waals surface area contributed by atoms with Gasteiger partial charge in [0.15, 0.2) is 0 Å². The van der Waals surface area contributed by atoms with Crippen molar-refractivity contribution in [2.45, 2.75) is 39.2 Å². The molecule has 1 fully saturated rings. The molecule has 3 unspecified atom stereocenters. The zero-order chi connectivity index (χ0) is 14.7. The van der Waals surface area contributed by atoms with Crippen molar-refractivity contribution in [2.24, 2.45) is 11.8 Å². The highest BCUT2D eigenvalue weighted by Crippen LogP contribution is 2.40. The van der Waals surface area contributed by atoms with E-state index in [4.69, 9.17) is 0 Å². The molecule has 3 nitrogen and oxygen atoms in total. The highest BCUT2D eigenvalue weighted by atomic mass is 15.3. The van der Waals surface area contributed by atoms with Crippen LogP contribution in [0.1, 0.15) is 44.8 Å². The number of para-hydroxylation sites is 1. The molecule has 0 spiro atoms. The molecule has 1 aliphatic carbocycles. The van der Waals surface area contributed by atoms with Crippen molar-refractivity contribution < 1.29 is 0 Å². The number of rotatable bonds is 5. The van der Waals surface area contributed by atoms with Crippen LogP contribution in [0.3, 0.4) is 0 Å². The standard InChI is InChI=1S/C18H25N3/c1-3-19-18(16-11-7-8-14(16)2)17-12-13-20-21(17)15-9-5-4-6-10-15/h4-6,9-10,12-14,16,18-19H,3,7-8,11H2,1-2H3. The van der Waals surface area contributed by atoms with Crippen molar-refractivity contribution in [1.29, 1.82) is 0 Å². The quantitative estimate of drug-likeness (QED) is 0.900. The van der Waals surface area contributed by atoms with E-state index in [1.807, 2.05) is 12.3 Å². The molecular formula is C18H25N3. The van der Waals surface area contributed by atoms with Crippen LogP contribution in [0.5, 0.6) is 0 Å². The third-order valence-corrected chi connectivity index (χ3v) is 4.77. The van der Waals surface area contributed by atoms with Crippen molar-refractivity contribution in [2.75, 3.05) is 6.54 Å². The average molecular weight is 283 g/mol. The highest BCUT2D eigenvalue weighted by molar-refractivity contribution is 5.33. The summed E-state index contributed by atoms with van der Waals surface area (Å²) in [6, 6.07) is 13.0. The summed E-state index contributed by atoms with van der Waals surface area (Å²) in [5.41, 5.74) is 2.44. The highest BCUT2D eigenvalue weighted by Gasteiger charge is 2.33. The van der Waals surface area contributed by atoms with Gasteiger partial charge < -0.3 is 5.32 Å². The van der Waals surface area contributed by atoms with E-state index in [0.717, 1.165) is 18.2 Å². The molecule has 0 bridgehead atoms. The Bertz CT molecular complexity index is 561. The molecule has 0 radical (unpaired) electrons. The van der Waals surface area contributed by atoms with Gasteiger partial charge in [-0.2, -0.15) is 5.10 Å². The molecule has 2 aromatic rings. The average Bonchev–Trinajstić information content (AvgIpc) is 3.15. The summed E-state index contributed by atoms with van der Waals surface area (Å²) >= 11 is 0. The second kappa shape index (κ2) is 6.44. The van der Waals surface area contributed by atoms with Gasteiger partial charge in [0.05, 0.1) is 17.4 Å². The third-order valence-electron chi connectivity index (χ3n) is 4.77. The van der Waals surface area contributed by atoms with E-state index in [-0.39, 0.29) is 0 Å². The number of nitrogens with zero attached hydrogens (tertiary/aromatic N) is 2. The fourth-order valence-electron chi connectivity index (χ4n) is 3.70. The van der Waals surface area contributed by atoms with Crippen LogP contribution in [0.15, 0.2) is 42.6 Å². The van der Waals surface area contributed by atoms with Crippen LogP contribution >= 0.6 is 0 Å². The SMILES string of the molecule is CCNC(c1ccnn1-c1ccccc1)C1CCCC1C. The van der Waals surface area contributed by atoms with Crippen LogP contribution in [0.2, 0.25) is 0 Å².